The lowest BCUT2D eigenvalue weighted by Gasteiger charge is -2.01. The van der Waals surface area contributed by atoms with Gasteiger partial charge in [0.05, 0.1) is 6.54 Å². The Balaban J connectivity index is 1.64. The van der Waals surface area contributed by atoms with E-state index in [1.54, 1.807) is 24.5 Å². The van der Waals surface area contributed by atoms with Gasteiger partial charge in [0, 0.05) is 23.5 Å². The van der Waals surface area contributed by atoms with Gasteiger partial charge in [-0.15, -0.1) is 0 Å². The molecule has 0 spiro atoms. The summed E-state index contributed by atoms with van der Waals surface area (Å²) < 4.78 is 17.9. The normalized spacial score (nSPS) is 10.4. The molecule has 1 amide bonds. The second-order valence-electron chi connectivity index (χ2n) is 4.44. The third-order valence-electron chi connectivity index (χ3n) is 2.91. The zero-order valence-corrected chi connectivity index (χ0v) is 11.4. The summed E-state index contributed by atoms with van der Waals surface area (Å²) in [4.78, 5) is 20.0. The minimum Gasteiger partial charge on any atom is -0.343 e. The second-order valence-corrected chi connectivity index (χ2v) is 4.44. The maximum Gasteiger partial charge on any atom is 0.251 e. The molecule has 7 heteroatoms. The van der Waals surface area contributed by atoms with Crippen LogP contribution in [0.2, 0.25) is 0 Å². The molecule has 0 bridgehead atoms. The van der Waals surface area contributed by atoms with Crippen molar-refractivity contribution in [3.63, 3.8) is 0 Å². The SMILES string of the molecule is O=C(NCc1nc(-c2ccncc2)no1)c1ccc(F)cc1. The molecule has 2 heterocycles. The Morgan fingerprint density at radius 1 is 1.14 bits per heavy atom. The van der Waals surface area contributed by atoms with E-state index in [9.17, 15) is 9.18 Å². The molecule has 0 saturated carbocycles. The summed E-state index contributed by atoms with van der Waals surface area (Å²) in [6, 6.07) is 8.77. The van der Waals surface area contributed by atoms with Gasteiger partial charge in [-0.3, -0.25) is 9.78 Å². The second kappa shape index (κ2) is 6.13. The van der Waals surface area contributed by atoms with Crippen LogP contribution in [-0.2, 0) is 6.54 Å². The Bertz CT molecular complexity index is 772. The van der Waals surface area contributed by atoms with Crippen molar-refractivity contribution in [3.05, 3.63) is 66.1 Å². The van der Waals surface area contributed by atoms with Gasteiger partial charge in [-0.25, -0.2) is 4.39 Å². The van der Waals surface area contributed by atoms with Crippen LogP contribution < -0.4 is 5.32 Å². The van der Waals surface area contributed by atoms with Crippen LogP contribution in [-0.4, -0.2) is 21.0 Å². The van der Waals surface area contributed by atoms with E-state index in [1.165, 1.54) is 24.3 Å². The molecule has 0 atom stereocenters. The van der Waals surface area contributed by atoms with Crippen LogP contribution in [0.1, 0.15) is 16.2 Å². The van der Waals surface area contributed by atoms with Crippen LogP contribution in [0.15, 0.2) is 53.3 Å². The number of halogens is 1. The first-order valence-corrected chi connectivity index (χ1v) is 6.49. The number of aromatic nitrogens is 3. The fraction of sp³-hybridized carbons (Fsp3) is 0.0667. The molecule has 110 valence electrons. The highest BCUT2D eigenvalue weighted by atomic mass is 19.1. The fourth-order valence-corrected chi connectivity index (χ4v) is 1.80. The molecule has 1 aromatic carbocycles. The molecule has 0 fully saturated rings. The summed E-state index contributed by atoms with van der Waals surface area (Å²) in [6.07, 6.45) is 3.25. The van der Waals surface area contributed by atoms with Gasteiger partial charge in [-0.05, 0) is 36.4 Å². The van der Waals surface area contributed by atoms with Gasteiger partial charge < -0.3 is 9.84 Å². The Morgan fingerprint density at radius 3 is 2.59 bits per heavy atom. The lowest BCUT2D eigenvalue weighted by Crippen LogP contribution is -2.22. The summed E-state index contributed by atoms with van der Waals surface area (Å²) in [6.45, 7) is 0.0916. The monoisotopic (exact) mass is 298 g/mol. The van der Waals surface area contributed by atoms with Crippen LogP contribution in [0.3, 0.4) is 0 Å². The quantitative estimate of drug-likeness (QED) is 0.798. The molecule has 6 nitrogen and oxygen atoms in total. The minimum absolute atomic E-state index is 0.0916. The number of carbonyl (C=O) groups excluding carboxylic acids is 1. The predicted octanol–water partition coefficient (Wildman–Crippen LogP) is 2.20. The molecule has 1 N–H and O–H groups in total. The van der Waals surface area contributed by atoms with Crippen molar-refractivity contribution in [2.24, 2.45) is 0 Å². The molecule has 0 aliphatic carbocycles. The number of carbonyl (C=O) groups is 1. The molecule has 3 aromatic rings. The highest BCUT2D eigenvalue weighted by Gasteiger charge is 2.10. The molecule has 22 heavy (non-hydrogen) atoms. The zero-order chi connectivity index (χ0) is 15.4. The van der Waals surface area contributed by atoms with Crippen molar-refractivity contribution in [2.75, 3.05) is 0 Å². The standard InChI is InChI=1S/C15H11FN4O2/c16-12-3-1-11(2-4-12)15(21)18-9-13-19-14(20-22-13)10-5-7-17-8-6-10/h1-8H,9H2,(H,18,21). The molecule has 2 aromatic heterocycles. The van der Waals surface area contributed by atoms with E-state index in [2.05, 4.69) is 20.4 Å². The van der Waals surface area contributed by atoms with Gasteiger partial charge in [0.1, 0.15) is 5.82 Å². The smallest absolute Gasteiger partial charge is 0.251 e. The summed E-state index contributed by atoms with van der Waals surface area (Å²) in [5, 5.41) is 6.46. The van der Waals surface area contributed by atoms with Crippen LogP contribution in [0.4, 0.5) is 4.39 Å². The molecule has 0 radical (unpaired) electrons. The Kier molecular flexibility index (Phi) is 3.86. The lowest BCUT2D eigenvalue weighted by atomic mass is 10.2. The highest BCUT2D eigenvalue weighted by Crippen LogP contribution is 2.13. The summed E-state index contributed by atoms with van der Waals surface area (Å²) in [5.74, 6) is -0.0326. The molecule has 0 aliphatic heterocycles. The fourth-order valence-electron chi connectivity index (χ4n) is 1.80. The Labute approximate surface area is 125 Å². The molecular formula is C15H11FN4O2. The third-order valence-corrected chi connectivity index (χ3v) is 2.91. The van der Waals surface area contributed by atoms with Gasteiger partial charge >= 0.3 is 0 Å². The summed E-state index contributed by atoms with van der Waals surface area (Å²) in [7, 11) is 0. The molecular weight excluding hydrogens is 287 g/mol. The number of rotatable bonds is 4. The lowest BCUT2D eigenvalue weighted by molar-refractivity contribution is 0.0946. The van der Waals surface area contributed by atoms with Gasteiger partial charge in [-0.1, -0.05) is 5.16 Å². The van der Waals surface area contributed by atoms with Gasteiger partial charge in [0.15, 0.2) is 0 Å². The first kappa shape index (κ1) is 13.9. The van der Waals surface area contributed by atoms with Crippen LogP contribution in [0.5, 0.6) is 0 Å². The number of pyridine rings is 1. The van der Waals surface area contributed by atoms with Crippen molar-refractivity contribution in [1.82, 2.24) is 20.4 Å². The number of amides is 1. The average Bonchev–Trinajstić information content (AvgIpc) is 3.03. The Morgan fingerprint density at radius 2 is 1.86 bits per heavy atom. The first-order valence-electron chi connectivity index (χ1n) is 6.49. The van der Waals surface area contributed by atoms with Gasteiger partial charge in [0.2, 0.25) is 11.7 Å². The van der Waals surface area contributed by atoms with E-state index < -0.39 is 5.82 Å². The number of nitrogens with zero attached hydrogens (tertiary/aromatic N) is 3. The van der Waals surface area contributed by atoms with Crippen molar-refractivity contribution < 1.29 is 13.7 Å². The number of hydrogen-bond acceptors (Lipinski definition) is 5. The van der Waals surface area contributed by atoms with Crippen molar-refractivity contribution in [1.29, 1.82) is 0 Å². The summed E-state index contributed by atoms with van der Waals surface area (Å²) in [5.41, 5.74) is 1.13. The van der Waals surface area contributed by atoms with Gasteiger partial charge in [0.25, 0.3) is 5.91 Å². The van der Waals surface area contributed by atoms with Crippen molar-refractivity contribution in [3.8, 4) is 11.4 Å². The predicted molar refractivity (Wildman–Crippen MR) is 75.1 cm³/mol. The largest absolute Gasteiger partial charge is 0.343 e. The molecule has 0 saturated heterocycles. The molecule has 3 rings (SSSR count). The summed E-state index contributed by atoms with van der Waals surface area (Å²) >= 11 is 0. The van der Waals surface area contributed by atoms with E-state index in [4.69, 9.17) is 4.52 Å². The minimum atomic E-state index is -0.393. The van der Waals surface area contributed by atoms with Crippen molar-refractivity contribution >= 4 is 5.91 Å². The zero-order valence-electron chi connectivity index (χ0n) is 11.4. The first-order chi connectivity index (χ1) is 10.7. The van der Waals surface area contributed by atoms with E-state index in [0.717, 1.165) is 5.56 Å². The van der Waals surface area contributed by atoms with Crippen LogP contribution >= 0.6 is 0 Å². The van der Waals surface area contributed by atoms with Crippen molar-refractivity contribution in [2.45, 2.75) is 6.54 Å². The van der Waals surface area contributed by atoms with E-state index >= 15 is 0 Å². The molecule has 0 unspecified atom stereocenters. The highest BCUT2D eigenvalue weighted by molar-refractivity contribution is 5.94. The van der Waals surface area contributed by atoms with Crippen LogP contribution in [0.25, 0.3) is 11.4 Å². The maximum atomic E-state index is 12.8. The molecule has 0 aliphatic rings. The van der Waals surface area contributed by atoms with E-state index in [0.29, 0.717) is 11.4 Å². The maximum absolute atomic E-state index is 12.8. The number of benzene rings is 1. The Hall–Kier alpha value is -3.09. The van der Waals surface area contributed by atoms with E-state index in [-0.39, 0.29) is 18.3 Å². The topological polar surface area (TPSA) is 80.9 Å². The van der Waals surface area contributed by atoms with E-state index in [1.807, 2.05) is 0 Å². The number of nitrogens with one attached hydrogen (secondary N) is 1. The average molecular weight is 298 g/mol. The third kappa shape index (κ3) is 3.14. The van der Waals surface area contributed by atoms with Gasteiger partial charge in [-0.2, -0.15) is 4.98 Å². The van der Waals surface area contributed by atoms with Crippen LogP contribution in [0, 0.1) is 5.82 Å². The number of hydrogen-bond donors (Lipinski definition) is 1.